The third kappa shape index (κ3) is 13.8. The number of fused-ring (bicyclic) bond motifs is 1. The Morgan fingerprint density at radius 1 is 0.864 bits per heavy atom. The number of piperidine rings is 2. The zero-order valence-electron chi connectivity index (χ0n) is 48.3. The lowest BCUT2D eigenvalue weighted by Crippen LogP contribution is -2.66. The maximum absolute atomic E-state index is 15.8. The number of halogens is 2. The molecule has 0 bridgehead atoms. The van der Waals surface area contributed by atoms with Crippen LogP contribution >= 0.6 is 11.3 Å². The second-order valence-corrected chi connectivity index (χ2v) is 26.8. The highest BCUT2D eigenvalue weighted by atomic mass is 32.1. The number of likely N-dealkylation sites (tertiary alicyclic amines) is 4. The van der Waals surface area contributed by atoms with Crippen molar-refractivity contribution in [3.05, 3.63) is 82.8 Å². The van der Waals surface area contributed by atoms with Crippen LogP contribution in [0.1, 0.15) is 103 Å². The number of hydrogen-bond acceptors (Lipinski definition) is 15. The highest BCUT2D eigenvalue weighted by Crippen LogP contribution is 2.36. The smallest absolute Gasteiger partial charge is 0.246 e. The zero-order valence-corrected chi connectivity index (χ0v) is 49.1. The number of carbonyl (C=O) groups excluding carboxylic acids is 4. The van der Waals surface area contributed by atoms with Crippen LogP contribution in [0, 0.1) is 41.2 Å². The van der Waals surface area contributed by atoms with E-state index in [0.717, 1.165) is 105 Å². The summed E-state index contributed by atoms with van der Waals surface area (Å²) in [7, 11) is 0. The summed E-state index contributed by atoms with van der Waals surface area (Å²) in [6.45, 7) is 23.1. The molecule has 0 radical (unpaired) electrons. The van der Waals surface area contributed by atoms with Gasteiger partial charge in [0.15, 0.2) is 0 Å². The Morgan fingerprint density at radius 2 is 1.57 bits per heavy atom. The molecule has 5 N–H and O–H groups in total. The number of amides is 4. The molecular weight excluding hydrogens is 1050 g/mol. The van der Waals surface area contributed by atoms with E-state index in [2.05, 4.69) is 69.7 Å². The molecule has 6 aliphatic heterocycles. The minimum Gasteiger partial charge on any atom is -0.391 e. The quantitative estimate of drug-likeness (QED) is 0.0795. The first-order chi connectivity index (χ1) is 38.6. The van der Waals surface area contributed by atoms with Crippen molar-refractivity contribution in [3.63, 3.8) is 0 Å². The molecule has 81 heavy (non-hydrogen) atoms. The van der Waals surface area contributed by atoms with Crippen molar-refractivity contribution < 1.29 is 33.1 Å². The Labute approximate surface area is 479 Å². The monoisotopic (exact) mass is 1140 g/mol. The number of aliphatic hydroxyl groups excluding tert-OH is 1. The summed E-state index contributed by atoms with van der Waals surface area (Å²) in [5.41, 5.74) is 4.27. The number of anilines is 3. The fourth-order valence-electron chi connectivity index (χ4n) is 13.1. The van der Waals surface area contributed by atoms with Crippen molar-refractivity contribution in [3.8, 4) is 10.4 Å². The van der Waals surface area contributed by atoms with Gasteiger partial charge in [0, 0.05) is 89.6 Å². The third-order valence-electron chi connectivity index (χ3n) is 18.0. The number of rotatable bonds is 17. The van der Waals surface area contributed by atoms with E-state index in [1.54, 1.807) is 22.6 Å². The van der Waals surface area contributed by atoms with Crippen LogP contribution in [0.5, 0.6) is 0 Å². The molecule has 6 atom stereocenters. The predicted molar refractivity (Wildman–Crippen MR) is 311 cm³/mol. The molecule has 0 aliphatic carbocycles. The van der Waals surface area contributed by atoms with Gasteiger partial charge in [-0.25, -0.2) is 23.7 Å². The number of nitrogens with one attached hydrogen (secondary N) is 4. The average Bonchev–Trinajstić information content (AvgIpc) is 4.39. The topological polar surface area (TPSA) is 195 Å². The van der Waals surface area contributed by atoms with Gasteiger partial charge >= 0.3 is 0 Å². The van der Waals surface area contributed by atoms with Crippen molar-refractivity contribution in [2.75, 3.05) is 107 Å². The summed E-state index contributed by atoms with van der Waals surface area (Å²) in [4.78, 5) is 81.8. The molecule has 18 nitrogen and oxygen atoms in total. The van der Waals surface area contributed by atoms with Crippen molar-refractivity contribution >= 4 is 52.3 Å². The maximum Gasteiger partial charge on any atom is 0.246 e. The summed E-state index contributed by atoms with van der Waals surface area (Å²) in [6.07, 6.45) is 5.02. The summed E-state index contributed by atoms with van der Waals surface area (Å²) < 4.78 is 31.3. The van der Waals surface area contributed by atoms with Crippen LogP contribution in [0.25, 0.3) is 10.4 Å². The first-order valence-electron chi connectivity index (χ1n) is 29.2. The average molecular weight is 1140 g/mol. The number of carbonyl (C=O) groups is 4. The number of aromatic nitrogens is 3. The van der Waals surface area contributed by atoms with Crippen molar-refractivity contribution in [1.29, 1.82) is 0 Å². The van der Waals surface area contributed by atoms with E-state index in [-0.39, 0.29) is 66.8 Å². The SMILES string of the molecule is Cc1ncsc1-c1ccc([C@H](C)NC(=O)[C@@H]2C[C@@H](O)CN2C(=O)[C@@H](NC(=O)CN2C[C@H]3CN(CCCNc4cc(N5CCC6(CC5)CN(c5cc(F)c(CN7CCC(C)(C)CC7)cc5F)CC(=O)N6)ncn4)C[C@H]3C2)C(C)(C)C)cc1. The molecule has 21 heteroatoms. The van der Waals surface area contributed by atoms with Crippen LogP contribution in [0.15, 0.2) is 54.3 Å². The van der Waals surface area contributed by atoms with Gasteiger partial charge in [0.1, 0.15) is 41.7 Å². The van der Waals surface area contributed by atoms with Crippen molar-refractivity contribution in [2.24, 2.45) is 22.7 Å². The van der Waals surface area contributed by atoms with Gasteiger partial charge in [-0.15, -0.1) is 11.3 Å². The number of hydrogen-bond donors (Lipinski definition) is 5. The van der Waals surface area contributed by atoms with Crippen LogP contribution in [-0.2, 0) is 25.7 Å². The number of nitrogens with zero attached hydrogens (tertiary/aromatic N) is 9. The van der Waals surface area contributed by atoms with Crippen molar-refractivity contribution in [2.45, 2.75) is 123 Å². The van der Waals surface area contributed by atoms with Gasteiger partial charge in [-0.1, -0.05) is 58.9 Å². The molecule has 8 heterocycles. The van der Waals surface area contributed by atoms with Crippen LogP contribution in [0.2, 0.25) is 0 Å². The fourth-order valence-corrected chi connectivity index (χ4v) is 14.0. The van der Waals surface area contributed by atoms with Crippen LogP contribution in [-0.4, -0.2) is 179 Å². The van der Waals surface area contributed by atoms with Gasteiger partial charge in [0.2, 0.25) is 23.6 Å². The molecule has 10 rings (SSSR count). The molecule has 1 spiro atoms. The van der Waals surface area contributed by atoms with E-state index in [1.165, 1.54) is 17.0 Å². The third-order valence-corrected chi connectivity index (χ3v) is 19.0. The summed E-state index contributed by atoms with van der Waals surface area (Å²) in [5.74, 6) is 0.309. The van der Waals surface area contributed by atoms with Gasteiger partial charge in [0.05, 0.1) is 52.5 Å². The molecule has 0 saturated carbocycles. The normalized spacial score (nSPS) is 24.0. The van der Waals surface area contributed by atoms with Crippen LogP contribution < -0.4 is 31.1 Å². The predicted octanol–water partition coefficient (Wildman–Crippen LogP) is 5.82. The number of β-amino-alcohol motifs (C(OH)–C–C–N with tert-alkyl or cyclic N) is 1. The van der Waals surface area contributed by atoms with Crippen LogP contribution in [0.3, 0.4) is 0 Å². The number of piperazine rings is 1. The van der Waals surface area contributed by atoms with E-state index in [4.69, 9.17) is 0 Å². The number of benzene rings is 2. The number of aliphatic hydroxyl groups is 1. The lowest BCUT2D eigenvalue weighted by Gasteiger charge is -2.48. The lowest BCUT2D eigenvalue weighted by atomic mass is 9.82. The molecule has 4 aromatic rings. The standard InChI is InChI=1S/C60H83F2N13O5S/c1-38(40-9-11-41(12-10-40)54-39(2)66-37-81-54)67-56(79)49-24-45(76)32-75(49)57(80)55(58(3,4)5)68-52(77)33-72-30-43-28-71(29-44(43)31-72)18-8-17-63-50-26-51(65-36-64-50)73-21-15-60(16-22-73)35-74(34-53(78)69-60)48-25-46(61)42(23-47(48)62)27-70-19-13-59(6,7)14-20-70/h9-12,23,25-26,36-38,43-45,49,55,76H,8,13-22,24,27-35H2,1-7H3,(H,67,79)(H,68,77)(H,69,78)(H,63,64,65)/t38-,43-,44+,45+,49-,55+/m0/s1. The molecular formula is C60H83F2N13O5S. The Bertz CT molecular complexity index is 2890. The highest BCUT2D eigenvalue weighted by molar-refractivity contribution is 7.13. The van der Waals surface area contributed by atoms with Gasteiger partial charge < -0.3 is 46.0 Å². The minimum absolute atomic E-state index is 0.0108. The summed E-state index contributed by atoms with van der Waals surface area (Å²) >= 11 is 1.58. The molecule has 2 aromatic heterocycles. The minimum atomic E-state index is -0.899. The van der Waals surface area contributed by atoms with Gasteiger partial charge in [0.25, 0.3) is 0 Å². The molecule has 4 amide bonds. The van der Waals surface area contributed by atoms with E-state index in [9.17, 15) is 24.3 Å². The van der Waals surface area contributed by atoms with Gasteiger partial charge in [-0.2, -0.15) is 0 Å². The maximum atomic E-state index is 15.8. The fraction of sp³-hybridized carbons (Fsp3) is 0.617. The molecule has 6 saturated heterocycles. The van der Waals surface area contributed by atoms with E-state index < -0.39 is 40.8 Å². The molecule has 6 aliphatic rings. The Kier molecular flexibility index (Phi) is 17.4. The first-order valence-corrected chi connectivity index (χ1v) is 30.1. The van der Waals surface area contributed by atoms with Gasteiger partial charge in [-0.3, -0.25) is 29.0 Å². The second kappa shape index (κ2) is 24.1. The number of aryl methyl sites for hydroxylation is 1. The van der Waals surface area contributed by atoms with Gasteiger partial charge in [-0.05, 0) is 105 Å². The molecule has 2 aromatic carbocycles. The Balaban J connectivity index is 0.642. The highest BCUT2D eigenvalue weighted by Gasteiger charge is 2.47. The molecule has 6 fully saturated rings. The Morgan fingerprint density at radius 3 is 2.25 bits per heavy atom. The summed E-state index contributed by atoms with van der Waals surface area (Å²) in [5, 5.41) is 23.6. The summed E-state index contributed by atoms with van der Waals surface area (Å²) in [6, 6.07) is 10.4. The first kappa shape index (κ1) is 58.3. The van der Waals surface area contributed by atoms with Crippen molar-refractivity contribution in [1.82, 2.24) is 50.5 Å². The van der Waals surface area contributed by atoms with E-state index >= 15 is 8.78 Å². The molecule has 0 unspecified atom stereocenters. The molecule has 438 valence electrons. The Hall–Kier alpha value is -5.87. The van der Waals surface area contributed by atoms with E-state index in [0.29, 0.717) is 56.4 Å². The number of thiazole rings is 1. The van der Waals surface area contributed by atoms with E-state index in [1.807, 2.05) is 70.5 Å². The van der Waals surface area contributed by atoms with Crippen LogP contribution in [0.4, 0.5) is 26.1 Å². The lowest BCUT2D eigenvalue weighted by molar-refractivity contribution is -0.144. The zero-order chi connectivity index (χ0) is 57.4. The largest absolute Gasteiger partial charge is 0.391 e. The second-order valence-electron chi connectivity index (χ2n) is 25.9.